The summed E-state index contributed by atoms with van der Waals surface area (Å²) in [7, 11) is 0. The van der Waals surface area contributed by atoms with Gasteiger partial charge < -0.3 is 10.4 Å². The van der Waals surface area contributed by atoms with Crippen LogP contribution < -0.4 is 5.32 Å². The molecule has 0 radical (unpaired) electrons. The van der Waals surface area contributed by atoms with Crippen molar-refractivity contribution in [2.45, 2.75) is 44.4 Å². The van der Waals surface area contributed by atoms with Crippen LogP contribution in [0.15, 0.2) is 21.1 Å². The lowest BCUT2D eigenvalue weighted by Gasteiger charge is -2.39. The van der Waals surface area contributed by atoms with Gasteiger partial charge >= 0.3 is 0 Å². The molecule has 1 aliphatic carbocycles. The fraction of sp³-hybridized carbons (Fsp3) is 0.571. The van der Waals surface area contributed by atoms with E-state index in [0.29, 0.717) is 6.04 Å². The van der Waals surface area contributed by atoms with Crippen LogP contribution in [0.1, 0.15) is 31.2 Å². The van der Waals surface area contributed by atoms with E-state index in [4.69, 9.17) is 0 Å². The Morgan fingerprint density at radius 2 is 1.89 bits per heavy atom. The van der Waals surface area contributed by atoms with E-state index in [0.717, 1.165) is 47.8 Å². The minimum atomic E-state index is -0.0791. The van der Waals surface area contributed by atoms with Gasteiger partial charge in [-0.3, -0.25) is 4.90 Å². The molecule has 0 bridgehead atoms. The first-order valence-corrected chi connectivity index (χ1v) is 8.36. The summed E-state index contributed by atoms with van der Waals surface area (Å²) in [4.78, 5) is 2.49. The van der Waals surface area contributed by atoms with Crippen molar-refractivity contribution in [3.8, 4) is 0 Å². The zero-order valence-corrected chi connectivity index (χ0v) is 13.9. The van der Waals surface area contributed by atoms with Gasteiger partial charge in [-0.2, -0.15) is 0 Å². The fourth-order valence-electron chi connectivity index (χ4n) is 3.09. The number of aliphatic hydroxyl groups excluding tert-OH is 1. The first-order valence-electron chi connectivity index (χ1n) is 6.77. The molecule has 1 saturated carbocycles. The molecule has 104 valence electrons. The lowest BCUT2D eigenvalue weighted by atomic mass is 9.91. The van der Waals surface area contributed by atoms with Crippen LogP contribution in [-0.2, 0) is 6.54 Å². The van der Waals surface area contributed by atoms with Gasteiger partial charge in [-0.1, -0.05) is 15.9 Å². The molecule has 3 rings (SSSR count). The zero-order valence-electron chi connectivity index (χ0n) is 10.7. The predicted octanol–water partition coefficient (Wildman–Crippen LogP) is 3.70. The van der Waals surface area contributed by atoms with Crippen molar-refractivity contribution in [3.63, 3.8) is 0 Å². The van der Waals surface area contributed by atoms with E-state index in [-0.39, 0.29) is 6.10 Å². The highest BCUT2D eigenvalue weighted by molar-refractivity contribution is 9.11. The standard InChI is InChI=1S/C14H18Br2N2O/c15-10-5-9-7-18(8-17-14(9)13(16)6-10)11-1-3-12(19)4-2-11/h5-6,11-12,17,19H,1-4,7-8H2/t11-,12-. The Hall–Kier alpha value is -0.100. The maximum absolute atomic E-state index is 9.61. The number of rotatable bonds is 1. The number of nitrogens with one attached hydrogen (secondary N) is 1. The van der Waals surface area contributed by atoms with E-state index in [9.17, 15) is 5.11 Å². The van der Waals surface area contributed by atoms with Gasteiger partial charge in [0.05, 0.1) is 18.5 Å². The Bertz CT molecular complexity index is 473. The molecule has 0 unspecified atom stereocenters. The third kappa shape index (κ3) is 2.99. The number of nitrogens with zero attached hydrogens (tertiary/aromatic N) is 1. The summed E-state index contributed by atoms with van der Waals surface area (Å²) in [5, 5.41) is 13.1. The molecule has 5 heteroatoms. The summed E-state index contributed by atoms with van der Waals surface area (Å²) in [6.45, 7) is 1.88. The molecule has 1 aromatic rings. The van der Waals surface area contributed by atoms with Gasteiger partial charge in [0.1, 0.15) is 0 Å². The van der Waals surface area contributed by atoms with Crippen LogP contribution in [0.3, 0.4) is 0 Å². The highest BCUT2D eigenvalue weighted by Crippen LogP contribution is 2.35. The number of benzene rings is 1. The molecule has 0 saturated heterocycles. The highest BCUT2D eigenvalue weighted by atomic mass is 79.9. The van der Waals surface area contributed by atoms with E-state index in [1.807, 2.05) is 0 Å². The average molecular weight is 390 g/mol. The van der Waals surface area contributed by atoms with Gasteiger partial charge in [0.25, 0.3) is 0 Å². The summed E-state index contributed by atoms with van der Waals surface area (Å²) in [6, 6.07) is 4.87. The third-order valence-corrected chi connectivity index (χ3v) is 5.23. The molecule has 1 aromatic carbocycles. The number of halogens is 2. The van der Waals surface area contributed by atoms with Gasteiger partial charge in [0.15, 0.2) is 0 Å². The number of hydrogen-bond acceptors (Lipinski definition) is 3. The van der Waals surface area contributed by atoms with E-state index >= 15 is 0 Å². The molecule has 0 spiro atoms. The second-order valence-electron chi connectivity index (χ2n) is 5.47. The van der Waals surface area contributed by atoms with Crippen LogP contribution in [0, 0.1) is 0 Å². The van der Waals surface area contributed by atoms with Crippen LogP contribution in [-0.4, -0.2) is 28.8 Å². The SMILES string of the molecule is O[C@H]1CC[C@H](N2CNc3c(Br)cc(Br)cc3C2)CC1. The topological polar surface area (TPSA) is 35.5 Å². The predicted molar refractivity (Wildman–Crippen MR) is 84.1 cm³/mol. The first kappa shape index (κ1) is 13.9. The maximum atomic E-state index is 9.61. The summed E-state index contributed by atoms with van der Waals surface area (Å²) in [5.74, 6) is 0. The third-order valence-electron chi connectivity index (χ3n) is 4.15. The van der Waals surface area contributed by atoms with Crippen molar-refractivity contribution < 1.29 is 5.11 Å². The summed E-state index contributed by atoms with van der Waals surface area (Å²) < 4.78 is 2.23. The maximum Gasteiger partial charge on any atom is 0.0684 e. The second-order valence-corrected chi connectivity index (χ2v) is 7.24. The van der Waals surface area contributed by atoms with Crippen molar-refractivity contribution >= 4 is 37.5 Å². The molecule has 1 fully saturated rings. The summed E-state index contributed by atoms with van der Waals surface area (Å²) >= 11 is 7.17. The smallest absolute Gasteiger partial charge is 0.0684 e. The molecule has 0 atom stereocenters. The molecule has 2 aliphatic rings. The van der Waals surface area contributed by atoms with Crippen LogP contribution >= 0.6 is 31.9 Å². The molecule has 1 aliphatic heterocycles. The minimum Gasteiger partial charge on any atom is -0.393 e. The van der Waals surface area contributed by atoms with E-state index < -0.39 is 0 Å². The van der Waals surface area contributed by atoms with Crippen LogP contribution in [0.4, 0.5) is 5.69 Å². The van der Waals surface area contributed by atoms with Crippen molar-refractivity contribution in [2.75, 3.05) is 12.0 Å². The summed E-state index contributed by atoms with van der Waals surface area (Å²) in [5.41, 5.74) is 2.55. The van der Waals surface area contributed by atoms with Gasteiger partial charge in [-0.25, -0.2) is 0 Å². The lowest BCUT2D eigenvalue weighted by molar-refractivity contribution is 0.0721. The van der Waals surface area contributed by atoms with Crippen molar-refractivity contribution in [1.29, 1.82) is 0 Å². The Morgan fingerprint density at radius 3 is 2.63 bits per heavy atom. The van der Waals surface area contributed by atoms with Crippen LogP contribution in [0.25, 0.3) is 0 Å². The molecule has 1 heterocycles. The quantitative estimate of drug-likeness (QED) is 0.768. The largest absolute Gasteiger partial charge is 0.393 e. The van der Waals surface area contributed by atoms with Crippen LogP contribution in [0.2, 0.25) is 0 Å². The Balaban J connectivity index is 1.75. The fourth-order valence-corrected chi connectivity index (χ4v) is 4.54. The highest BCUT2D eigenvalue weighted by Gasteiger charge is 2.28. The lowest BCUT2D eigenvalue weighted by Crippen LogP contribution is -2.43. The second kappa shape index (κ2) is 5.72. The van der Waals surface area contributed by atoms with Crippen molar-refractivity contribution in [1.82, 2.24) is 4.90 Å². The number of aliphatic hydroxyl groups is 1. The van der Waals surface area contributed by atoms with Crippen molar-refractivity contribution in [2.24, 2.45) is 0 Å². The average Bonchev–Trinajstić information content (AvgIpc) is 2.38. The molecule has 3 nitrogen and oxygen atoms in total. The number of hydrogen-bond donors (Lipinski definition) is 2. The molecular formula is C14H18Br2N2O. The van der Waals surface area contributed by atoms with Gasteiger partial charge in [0.2, 0.25) is 0 Å². The Labute approximate surface area is 130 Å². The van der Waals surface area contributed by atoms with Crippen LogP contribution in [0.5, 0.6) is 0 Å². The first-order chi connectivity index (χ1) is 9.13. The van der Waals surface area contributed by atoms with E-state index in [1.54, 1.807) is 0 Å². The summed E-state index contributed by atoms with van der Waals surface area (Å²) in [6.07, 6.45) is 4.01. The van der Waals surface area contributed by atoms with Gasteiger partial charge in [-0.15, -0.1) is 0 Å². The van der Waals surface area contributed by atoms with Gasteiger partial charge in [0, 0.05) is 21.5 Å². The normalized spacial score (nSPS) is 27.7. The minimum absolute atomic E-state index is 0.0791. The number of fused-ring (bicyclic) bond motifs is 1. The Morgan fingerprint density at radius 1 is 1.16 bits per heavy atom. The molecule has 19 heavy (non-hydrogen) atoms. The Kier molecular flexibility index (Phi) is 4.17. The number of anilines is 1. The molecule has 0 aromatic heterocycles. The van der Waals surface area contributed by atoms with E-state index in [1.165, 1.54) is 11.3 Å². The van der Waals surface area contributed by atoms with E-state index in [2.05, 4.69) is 54.2 Å². The van der Waals surface area contributed by atoms with Crippen molar-refractivity contribution in [3.05, 3.63) is 26.6 Å². The molecule has 0 amide bonds. The molecule has 2 N–H and O–H groups in total. The monoisotopic (exact) mass is 388 g/mol. The zero-order chi connectivity index (χ0) is 13.4. The van der Waals surface area contributed by atoms with Gasteiger partial charge in [-0.05, 0) is 59.3 Å². The molecular weight excluding hydrogens is 372 g/mol.